The summed E-state index contributed by atoms with van der Waals surface area (Å²) in [6.45, 7) is 4.84. The maximum Gasteiger partial charge on any atom is 0.252 e. The number of halogens is 2. The lowest BCUT2D eigenvalue weighted by molar-refractivity contribution is 0.0954. The Balaban J connectivity index is 2.68. The van der Waals surface area contributed by atoms with Crippen LogP contribution < -0.4 is 5.32 Å². The van der Waals surface area contributed by atoms with Crippen LogP contribution in [0.4, 0.5) is 4.39 Å². The third-order valence-corrected chi connectivity index (χ3v) is 6.31. The van der Waals surface area contributed by atoms with Crippen molar-refractivity contribution in [2.24, 2.45) is 0 Å². The second kappa shape index (κ2) is 6.38. The standard InChI is InChI=1S/C13H17FINO3S/c1-13(2,3)20(18,19)7-6-16-12(17)10-8-9(14)4-5-11(10)15/h4-5,8H,6-7H2,1-3H3,(H,16,17). The molecule has 0 saturated carbocycles. The van der Waals surface area contributed by atoms with E-state index < -0.39 is 26.3 Å². The van der Waals surface area contributed by atoms with Gasteiger partial charge in [0, 0.05) is 10.1 Å². The molecule has 0 saturated heterocycles. The molecule has 0 radical (unpaired) electrons. The number of carbonyl (C=O) groups is 1. The van der Waals surface area contributed by atoms with Crippen molar-refractivity contribution in [1.29, 1.82) is 0 Å². The molecule has 1 aromatic rings. The van der Waals surface area contributed by atoms with E-state index in [4.69, 9.17) is 0 Å². The van der Waals surface area contributed by atoms with E-state index in [-0.39, 0.29) is 17.9 Å². The van der Waals surface area contributed by atoms with Gasteiger partial charge in [-0.2, -0.15) is 0 Å². The lowest BCUT2D eigenvalue weighted by Crippen LogP contribution is -2.36. The fourth-order valence-corrected chi connectivity index (χ4v) is 2.94. The van der Waals surface area contributed by atoms with E-state index in [9.17, 15) is 17.6 Å². The highest BCUT2D eigenvalue weighted by molar-refractivity contribution is 14.1. The first-order chi connectivity index (χ1) is 9.04. The average Bonchev–Trinajstić information content (AvgIpc) is 2.30. The maximum absolute atomic E-state index is 13.1. The first-order valence-electron chi connectivity index (χ1n) is 6.00. The van der Waals surface area contributed by atoms with Gasteiger partial charge < -0.3 is 5.32 Å². The summed E-state index contributed by atoms with van der Waals surface area (Å²) in [6.07, 6.45) is 0. The van der Waals surface area contributed by atoms with Crippen molar-refractivity contribution in [2.45, 2.75) is 25.5 Å². The van der Waals surface area contributed by atoms with Gasteiger partial charge in [0.25, 0.3) is 5.91 Å². The molecule has 20 heavy (non-hydrogen) atoms. The van der Waals surface area contributed by atoms with Crippen LogP contribution in [0.25, 0.3) is 0 Å². The Hall–Kier alpha value is -0.700. The molecule has 1 aromatic carbocycles. The molecule has 0 aromatic heterocycles. The van der Waals surface area contributed by atoms with Gasteiger partial charge in [0.1, 0.15) is 5.82 Å². The summed E-state index contributed by atoms with van der Waals surface area (Å²) in [5.41, 5.74) is 0.207. The molecule has 7 heteroatoms. The van der Waals surface area contributed by atoms with E-state index in [1.54, 1.807) is 20.8 Å². The number of benzene rings is 1. The van der Waals surface area contributed by atoms with Crippen LogP contribution in [-0.2, 0) is 9.84 Å². The highest BCUT2D eigenvalue weighted by atomic mass is 127. The number of hydrogen-bond acceptors (Lipinski definition) is 3. The van der Waals surface area contributed by atoms with Crippen molar-refractivity contribution in [3.05, 3.63) is 33.1 Å². The molecule has 0 spiro atoms. The Kier molecular flexibility index (Phi) is 5.54. The average molecular weight is 413 g/mol. The molecule has 112 valence electrons. The Morgan fingerprint density at radius 1 is 1.35 bits per heavy atom. The van der Waals surface area contributed by atoms with Crippen molar-refractivity contribution in [3.63, 3.8) is 0 Å². The van der Waals surface area contributed by atoms with Gasteiger partial charge in [0.15, 0.2) is 9.84 Å². The molecule has 0 aliphatic heterocycles. The first kappa shape index (κ1) is 17.4. The van der Waals surface area contributed by atoms with Crippen molar-refractivity contribution in [3.8, 4) is 0 Å². The Labute approximate surface area is 132 Å². The molecule has 0 aliphatic carbocycles. The van der Waals surface area contributed by atoms with Crippen molar-refractivity contribution in [1.82, 2.24) is 5.32 Å². The van der Waals surface area contributed by atoms with Crippen LogP contribution in [0.1, 0.15) is 31.1 Å². The second-order valence-electron chi connectivity index (χ2n) is 5.31. The summed E-state index contributed by atoms with van der Waals surface area (Å²) in [7, 11) is -3.28. The topological polar surface area (TPSA) is 63.2 Å². The van der Waals surface area contributed by atoms with Crippen molar-refractivity contribution >= 4 is 38.3 Å². The molecule has 0 atom stereocenters. The smallest absolute Gasteiger partial charge is 0.252 e. The van der Waals surface area contributed by atoms with Crippen LogP contribution in [-0.4, -0.2) is 31.4 Å². The monoisotopic (exact) mass is 413 g/mol. The van der Waals surface area contributed by atoms with Crippen molar-refractivity contribution < 1.29 is 17.6 Å². The first-order valence-corrected chi connectivity index (χ1v) is 8.73. The third-order valence-electron chi connectivity index (χ3n) is 2.76. The van der Waals surface area contributed by atoms with Gasteiger partial charge in [-0.3, -0.25) is 4.79 Å². The lowest BCUT2D eigenvalue weighted by atomic mass is 10.2. The summed E-state index contributed by atoms with van der Waals surface area (Å²) in [5, 5.41) is 2.51. The summed E-state index contributed by atoms with van der Waals surface area (Å²) in [6, 6.07) is 3.90. The number of sulfone groups is 1. The fourth-order valence-electron chi connectivity index (χ4n) is 1.37. The van der Waals surface area contributed by atoms with Gasteiger partial charge >= 0.3 is 0 Å². The van der Waals surface area contributed by atoms with E-state index in [1.807, 2.05) is 22.6 Å². The van der Waals surface area contributed by atoms with E-state index in [0.29, 0.717) is 3.57 Å². The van der Waals surface area contributed by atoms with E-state index >= 15 is 0 Å². The number of carbonyl (C=O) groups excluding carboxylic acids is 1. The van der Waals surface area contributed by atoms with Crippen LogP contribution in [0.5, 0.6) is 0 Å². The molecule has 4 nitrogen and oxygen atoms in total. The number of nitrogens with one attached hydrogen (secondary N) is 1. The zero-order chi connectivity index (χ0) is 15.6. The molecule has 0 heterocycles. The van der Waals surface area contributed by atoms with E-state index in [1.165, 1.54) is 12.1 Å². The number of rotatable bonds is 4. The van der Waals surface area contributed by atoms with Crippen molar-refractivity contribution in [2.75, 3.05) is 12.3 Å². The van der Waals surface area contributed by atoms with Crippen LogP contribution >= 0.6 is 22.6 Å². The SMILES string of the molecule is CC(C)(C)S(=O)(=O)CCNC(=O)c1cc(F)ccc1I. The Morgan fingerprint density at radius 2 is 1.95 bits per heavy atom. The summed E-state index contributed by atoms with van der Waals surface area (Å²) >= 11 is 1.93. The largest absolute Gasteiger partial charge is 0.351 e. The predicted molar refractivity (Wildman–Crippen MR) is 85.0 cm³/mol. The van der Waals surface area contributed by atoms with E-state index in [2.05, 4.69) is 5.32 Å². The van der Waals surface area contributed by atoms with Crippen LogP contribution in [0.3, 0.4) is 0 Å². The van der Waals surface area contributed by atoms with Gasteiger partial charge in [-0.25, -0.2) is 12.8 Å². The van der Waals surface area contributed by atoms with Gasteiger partial charge in [-0.1, -0.05) is 0 Å². The van der Waals surface area contributed by atoms with Crippen LogP contribution in [0, 0.1) is 9.39 Å². The predicted octanol–water partition coefficient (Wildman–Crippen LogP) is 2.37. The number of amides is 1. The molecule has 0 fully saturated rings. The van der Waals surface area contributed by atoms with Gasteiger partial charge in [0.2, 0.25) is 0 Å². The number of hydrogen-bond donors (Lipinski definition) is 1. The van der Waals surface area contributed by atoms with Gasteiger partial charge in [-0.15, -0.1) is 0 Å². The minimum Gasteiger partial charge on any atom is -0.351 e. The summed E-state index contributed by atoms with van der Waals surface area (Å²) in [5.74, 6) is -1.12. The zero-order valence-electron chi connectivity index (χ0n) is 11.5. The molecular formula is C13H17FINO3S. The molecule has 1 amide bonds. The van der Waals surface area contributed by atoms with E-state index in [0.717, 1.165) is 6.07 Å². The highest BCUT2D eigenvalue weighted by Gasteiger charge is 2.28. The maximum atomic E-state index is 13.1. The fraction of sp³-hybridized carbons (Fsp3) is 0.462. The molecule has 0 aliphatic rings. The summed E-state index contributed by atoms with van der Waals surface area (Å²) in [4.78, 5) is 11.9. The molecule has 0 unspecified atom stereocenters. The molecular weight excluding hydrogens is 396 g/mol. The highest BCUT2D eigenvalue weighted by Crippen LogP contribution is 2.16. The van der Waals surface area contributed by atoms with Crippen LogP contribution in [0.15, 0.2) is 18.2 Å². The summed E-state index contributed by atoms with van der Waals surface area (Å²) < 4.78 is 36.6. The Bertz CT molecular complexity index is 609. The molecule has 1 rings (SSSR count). The van der Waals surface area contributed by atoms with Gasteiger partial charge in [-0.05, 0) is 61.6 Å². The zero-order valence-corrected chi connectivity index (χ0v) is 14.5. The lowest BCUT2D eigenvalue weighted by Gasteiger charge is -2.19. The molecule has 1 N–H and O–H groups in total. The minimum absolute atomic E-state index is 0.00499. The quantitative estimate of drug-likeness (QED) is 0.772. The van der Waals surface area contributed by atoms with Gasteiger partial charge in [0.05, 0.1) is 16.1 Å². The molecule has 0 bridgehead atoms. The van der Waals surface area contributed by atoms with Crippen LogP contribution in [0.2, 0.25) is 0 Å². The minimum atomic E-state index is -3.28. The Morgan fingerprint density at radius 3 is 2.50 bits per heavy atom. The third kappa shape index (κ3) is 4.41. The second-order valence-corrected chi connectivity index (χ2v) is 9.34. The normalized spacial score (nSPS) is 12.2.